The second kappa shape index (κ2) is 5.77. The number of anilines is 2. The van der Waals surface area contributed by atoms with E-state index in [0.29, 0.717) is 0 Å². The number of ether oxygens (including phenoxy) is 1. The van der Waals surface area contributed by atoms with E-state index in [1.165, 1.54) is 25.9 Å². The molecular formula is C13H21N3O. The van der Waals surface area contributed by atoms with Crippen LogP contribution in [0.4, 0.5) is 11.4 Å². The quantitative estimate of drug-likeness (QED) is 0.764. The molecule has 0 radical (unpaired) electrons. The standard InChI is InChI=1S/C13H21N3O/c1-17-13-9-11(14)8-12(10-13)15-4-7-16-5-2-3-6-16/h8-10,15H,2-7,14H2,1H3. The van der Waals surface area contributed by atoms with Gasteiger partial charge in [0.1, 0.15) is 5.75 Å². The summed E-state index contributed by atoms with van der Waals surface area (Å²) in [6.45, 7) is 4.52. The molecule has 1 aromatic carbocycles. The third-order valence-electron chi connectivity index (χ3n) is 3.12. The Labute approximate surface area is 103 Å². The first-order valence-electron chi connectivity index (χ1n) is 6.19. The lowest BCUT2D eigenvalue weighted by Crippen LogP contribution is -2.25. The number of nitrogens with two attached hydrogens (primary N) is 1. The molecule has 0 bridgehead atoms. The summed E-state index contributed by atoms with van der Waals surface area (Å²) >= 11 is 0. The zero-order valence-electron chi connectivity index (χ0n) is 10.4. The van der Waals surface area contributed by atoms with Crippen molar-refractivity contribution in [3.8, 4) is 5.75 Å². The van der Waals surface area contributed by atoms with Crippen molar-refractivity contribution in [3.05, 3.63) is 18.2 Å². The minimum atomic E-state index is 0.730. The number of nitrogens with one attached hydrogen (secondary N) is 1. The number of hydrogen-bond donors (Lipinski definition) is 2. The Kier molecular flexibility index (Phi) is 4.09. The van der Waals surface area contributed by atoms with Gasteiger partial charge in [0.15, 0.2) is 0 Å². The molecule has 17 heavy (non-hydrogen) atoms. The van der Waals surface area contributed by atoms with Crippen LogP contribution < -0.4 is 15.8 Å². The molecule has 3 N–H and O–H groups in total. The van der Waals surface area contributed by atoms with Gasteiger partial charge in [0.25, 0.3) is 0 Å². The number of hydrogen-bond acceptors (Lipinski definition) is 4. The Balaban J connectivity index is 1.83. The van der Waals surface area contributed by atoms with Crippen molar-refractivity contribution in [2.45, 2.75) is 12.8 Å². The first kappa shape index (κ1) is 12.0. The van der Waals surface area contributed by atoms with Crippen LogP contribution in [0.2, 0.25) is 0 Å². The Hall–Kier alpha value is -1.42. The summed E-state index contributed by atoms with van der Waals surface area (Å²) in [5, 5.41) is 3.39. The smallest absolute Gasteiger partial charge is 0.122 e. The number of benzene rings is 1. The van der Waals surface area contributed by atoms with Gasteiger partial charge in [0.05, 0.1) is 7.11 Å². The number of rotatable bonds is 5. The van der Waals surface area contributed by atoms with Crippen molar-refractivity contribution in [1.82, 2.24) is 4.90 Å². The molecule has 2 rings (SSSR count). The fraction of sp³-hybridized carbons (Fsp3) is 0.538. The Morgan fingerprint density at radius 2 is 2.06 bits per heavy atom. The van der Waals surface area contributed by atoms with Crippen molar-refractivity contribution in [3.63, 3.8) is 0 Å². The topological polar surface area (TPSA) is 50.5 Å². The number of nitrogen functional groups attached to an aromatic ring is 1. The van der Waals surface area contributed by atoms with Crippen LogP contribution >= 0.6 is 0 Å². The predicted octanol–water partition coefficient (Wildman–Crippen LogP) is 1.79. The number of likely N-dealkylation sites (tertiary alicyclic amines) is 1. The lowest BCUT2D eigenvalue weighted by atomic mass is 10.2. The molecule has 1 aliphatic rings. The largest absolute Gasteiger partial charge is 0.497 e. The first-order chi connectivity index (χ1) is 8.28. The average Bonchev–Trinajstić information content (AvgIpc) is 2.81. The summed E-state index contributed by atoms with van der Waals surface area (Å²) in [5.41, 5.74) is 7.56. The van der Waals surface area contributed by atoms with Crippen LogP contribution in [0.3, 0.4) is 0 Å². The van der Waals surface area contributed by atoms with E-state index >= 15 is 0 Å². The molecule has 0 spiro atoms. The summed E-state index contributed by atoms with van der Waals surface area (Å²) in [4.78, 5) is 2.48. The lowest BCUT2D eigenvalue weighted by Gasteiger charge is -2.15. The Morgan fingerprint density at radius 1 is 1.29 bits per heavy atom. The van der Waals surface area contributed by atoms with E-state index in [4.69, 9.17) is 10.5 Å². The van der Waals surface area contributed by atoms with Crippen LogP contribution in [-0.4, -0.2) is 38.2 Å². The fourth-order valence-electron chi connectivity index (χ4n) is 2.21. The van der Waals surface area contributed by atoms with Gasteiger partial charge < -0.3 is 20.7 Å². The second-order valence-electron chi connectivity index (χ2n) is 4.47. The molecule has 4 heteroatoms. The molecule has 0 aromatic heterocycles. The second-order valence-corrected chi connectivity index (χ2v) is 4.47. The summed E-state index contributed by atoms with van der Waals surface area (Å²) in [5.74, 6) is 0.800. The molecule has 4 nitrogen and oxygen atoms in total. The molecule has 1 saturated heterocycles. The van der Waals surface area contributed by atoms with Crippen LogP contribution in [-0.2, 0) is 0 Å². The van der Waals surface area contributed by atoms with Gasteiger partial charge in [-0.05, 0) is 32.0 Å². The molecule has 94 valence electrons. The van der Waals surface area contributed by atoms with Gasteiger partial charge in [0.2, 0.25) is 0 Å². The minimum Gasteiger partial charge on any atom is -0.497 e. The van der Waals surface area contributed by atoms with E-state index in [-0.39, 0.29) is 0 Å². The van der Waals surface area contributed by atoms with E-state index in [1.807, 2.05) is 18.2 Å². The maximum absolute atomic E-state index is 5.80. The van der Waals surface area contributed by atoms with Gasteiger partial charge in [-0.15, -0.1) is 0 Å². The van der Waals surface area contributed by atoms with Crippen LogP contribution in [0, 0.1) is 0 Å². The first-order valence-corrected chi connectivity index (χ1v) is 6.19. The molecular weight excluding hydrogens is 214 g/mol. The van der Waals surface area contributed by atoms with E-state index in [9.17, 15) is 0 Å². The van der Waals surface area contributed by atoms with Gasteiger partial charge in [-0.3, -0.25) is 0 Å². The molecule has 0 unspecified atom stereocenters. The van der Waals surface area contributed by atoms with Crippen molar-refractivity contribution in [1.29, 1.82) is 0 Å². The minimum absolute atomic E-state index is 0.730. The normalized spacial score (nSPS) is 16.1. The molecule has 0 aliphatic carbocycles. The Morgan fingerprint density at radius 3 is 2.76 bits per heavy atom. The zero-order valence-corrected chi connectivity index (χ0v) is 10.4. The van der Waals surface area contributed by atoms with Gasteiger partial charge in [0, 0.05) is 36.6 Å². The zero-order chi connectivity index (χ0) is 12.1. The molecule has 0 amide bonds. The molecule has 1 heterocycles. The Bertz CT molecular complexity index is 362. The number of nitrogens with zero attached hydrogens (tertiary/aromatic N) is 1. The molecule has 1 aromatic rings. The van der Waals surface area contributed by atoms with Crippen LogP contribution in [0.25, 0.3) is 0 Å². The average molecular weight is 235 g/mol. The van der Waals surface area contributed by atoms with Crippen molar-refractivity contribution in [2.24, 2.45) is 0 Å². The van der Waals surface area contributed by atoms with E-state index in [2.05, 4.69) is 10.2 Å². The van der Waals surface area contributed by atoms with E-state index in [0.717, 1.165) is 30.2 Å². The van der Waals surface area contributed by atoms with Crippen molar-refractivity contribution in [2.75, 3.05) is 44.3 Å². The molecule has 0 atom stereocenters. The molecule has 0 saturated carbocycles. The highest BCUT2D eigenvalue weighted by Crippen LogP contribution is 2.22. The highest BCUT2D eigenvalue weighted by Gasteiger charge is 2.10. The molecule has 1 fully saturated rings. The lowest BCUT2D eigenvalue weighted by molar-refractivity contribution is 0.352. The van der Waals surface area contributed by atoms with E-state index < -0.39 is 0 Å². The van der Waals surface area contributed by atoms with E-state index in [1.54, 1.807) is 7.11 Å². The fourth-order valence-corrected chi connectivity index (χ4v) is 2.21. The summed E-state index contributed by atoms with van der Waals surface area (Å²) in [6, 6.07) is 5.73. The third-order valence-corrected chi connectivity index (χ3v) is 3.12. The third kappa shape index (κ3) is 3.53. The summed E-state index contributed by atoms with van der Waals surface area (Å²) < 4.78 is 5.19. The monoisotopic (exact) mass is 235 g/mol. The highest BCUT2D eigenvalue weighted by molar-refractivity contribution is 5.59. The van der Waals surface area contributed by atoms with Gasteiger partial charge in [-0.1, -0.05) is 0 Å². The van der Waals surface area contributed by atoms with Gasteiger partial charge >= 0.3 is 0 Å². The van der Waals surface area contributed by atoms with Crippen LogP contribution in [0.5, 0.6) is 5.75 Å². The van der Waals surface area contributed by atoms with Gasteiger partial charge in [-0.2, -0.15) is 0 Å². The summed E-state index contributed by atoms with van der Waals surface area (Å²) in [7, 11) is 1.66. The highest BCUT2D eigenvalue weighted by atomic mass is 16.5. The van der Waals surface area contributed by atoms with Crippen molar-refractivity contribution >= 4 is 11.4 Å². The van der Waals surface area contributed by atoms with Gasteiger partial charge in [-0.25, -0.2) is 0 Å². The molecule has 1 aliphatic heterocycles. The predicted molar refractivity (Wildman–Crippen MR) is 71.6 cm³/mol. The SMILES string of the molecule is COc1cc(N)cc(NCCN2CCCC2)c1. The van der Waals surface area contributed by atoms with Crippen LogP contribution in [0.15, 0.2) is 18.2 Å². The van der Waals surface area contributed by atoms with Crippen LogP contribution in [0.1, 0.15) is 12.8 Å². The number of methoxy groups -OCH3 is 1. The van der Waals surface area contributed by atoms with Crippen molar-refractivity contribution < 1.29 is 4.74 Å². The maximum Gasteiger partial charge on any atom is 0.122 e. The maximum atomic E-state index is 5.80. The summed E-state index contributed by atoms with van der Waals surface area (Å²) in [6.07, 6.45) is 2.68.